The van der Waals surface area contributed by atoms with Crippen molar-refractivity contribution in [3.05, 3.63) is 9.47 Å². The minimum Gasteiger partial charge on any atom is -0.338 e. The van der Waals surface area contributed by atoms with Crippen LogP contribution >= 0.6 is 31.9 Å². The summed E-state index contributed by atoms with van der Waals surface area (Å²) >= 11 is 6.41. The molecule has 0 radical (unpaired) electrons. The van der Waals surface area contributed by atoms with Crippen molar-refractivity contribution in [1.29, 1.82) is 0 Å². The highest BCUT2D eigenvalue weighted by atomic mass is 79.9. The molecule has 0 saturated carbocycles. The Morgan fingerprint density at radius 2 is 2.15 bits per heavy atom. The largest absolute Gasteiger partial charge is 0.338 e. The molecule has 2 amide bonds. The first kappa shape index (κ1) is 13.0. The van der Waals surface area contributed by atoms with Gasteiger partial charge in [-0.2, -0.15) is 0 Å². The Balaban J connectivity index is 3.41. The molecule has 2 N–H and O–H groups in total. The van der Waals surface area contributed by atoms with Crippen molar-refractivity contribution in [2.45, 2.75) is 19.8 Å². The van der Waals surface area contributed by atoms with Crippen LogP contribution in [-0.2, 0) is 0 Å². The maximum atomic E-state index is 11.1. The summed E-state index contributed by atoms with van der Waals surface area (Å²) in [5, 5.41) is 5.45. The van der Waals surface area contributed by atoms with E-state index in [2.05, 4.69) is 49.4 Å². The van der Waals surface area contributed by atoms with Gasteiger partial charge in [-0.15, -0.1) is 0 Å². The number of carbonyl (C=O) groups is 1. The van der Waals surface area contributed by atoms with Crippen LogP contribution in [0.5, 0.6) is 0 Å². The maximum Gasteiger partial charge on any atom is 0.315 e. The Bertz CT molecular complexity index is 183. The van der Waals surface area contributed by atoms with Gasteiger partial charge >= 0.3 is 6.03 Å². The fourth-order valence-electron chi connectivity index (χ4n) is 0.644. The highest BCUT2D eigenvalue weighted by molar-refractivity contribution is 9.14. The van der Waals surface area contributed by atoms with E-state index in [1.165, 1.54) is 0 Å². The van der Waals surface area contributed by atoms with Crippen LogP contribution < -0.4 is 10.6 Å². The number of rotatable bonds is 5. The van der Waals surface area contributed by atoms with Crippen LogP contribution in [0.1, 0.15) is 19.8 Å². The second-order valence-corrected chi connectivity index (χ2v) is 4.00. The second kappa shape index (κ2) is 8.56. The molecule has 5 heteroatoms. The third-order valence-corrected chi connectivity index (χ3v) is 3.03. The fourth-order valence-corrected chi connectivity index (χ4v) is 0.947. The van der Waals surface area contributed by atoms with Gasteiger partial charge in [0, 0.05) is 11.0 Å². The Morgan fingerprint density at radius 1 is 1.46 bits per heavy atom. The average molecular weight is 314 g/mol. The van der Waals surface area contributed by atoms with Crippen molar-refractivity contribution >= 4 is 37.9 Å². The van der Waals surface area contributed by atoms with Gasteiger partial charge in [-0.3, -0.25) is 0 Å². The number of amides is 2. The number of urea groups is 1. The van der Waals surface area contributed by atoms with Crippen molar-refractivity contribution in [3.63, 3.8) is 0 Å². The number of halogens is 2. The van der Waals surface area contributed by atoms with Crippen LogP contribution in [0.25, 0.3) is 0 Å². The standard InChI is InChI=1S/C8H14Br2N2O/c1-2-3-4-11-8(13)12-6-7(10)5-9/h5H,2-4,6H2,1H3,(H2,11,12,13)/b7-5-. The lowest BCUT2D eigenvalue weighted by Crippen LogP contribution is -2.36. The molecule has 0 fully saturated rings. The summed E-state index contributed by atoms with van der Waals surface area (Å²) in [5.74, 6) is 0. The molecule has 0 aliphatic carbocycles. The molecule has 0 aliphatic heterocycles. The summed E-state index contributed by atoms with van der Waals surface area (Å²) in [6, 6.07) is -0.125. The lowest BCUT2D eigenvalue weighted by Gasteiger charge is -2.05. The van der Waals surface area contributed by atoms with Crippen LogP contribution in [0.3, 0.4) is 0 Å². The third-order valence-electron chi connectivity index (χ3n) is 1.35. The molecular weight excluding hydrogens is 300 g/mol. The normalized spacial score (nSPS) is 11.2. The summed E-state index contributed by atoms with van der Waals surface area (Å²) in [6.07, 6.45) is 2.11. The topological polar surface area (TPSA) is 41.1 Å². The summed E-state index contributed by atoms with van der Waals surface area (Å²) in [4.78, 5) is 12.8. The zero-order valence-corrected chi connectivity index (χ0v) is 10.7. The van der Waals surface area contributed by atoms with Crippen molar-refractivity contribution in [2.24, 2.45) is 0 Å². The van der Waals surface area contributed by atoms with Gasteiger partial charge in [-0.1, -0.05) is 45.2 Å². The molecule has 76 valence electrons. The van der Waals surface area contributed by atoms with E-state index in [0.717, 1.165) is 23.9 Å². The van der Waals surface area contributed by atoms with Gasteiger partial charge in [0.15, 0.2) is 0 Å². The van der Waals surface area contributed by atoms with Gasteiger partial charge < -0.3 is 10.6 Å². The third kappa shape index (κ3) is 8.30. The molecule has 0 heterocycles. The minimum absolute atomic E-state index is 0.125. The SMILES string of the molecule is CCCCNC(=O)NC/C(Br)=C/Br. The van der Waals surface area contributed by atoms with Crippen molar-refractivity contribution in [3.8, 4) is 0 Å². The fraction of sp³-hybridized carbons (Fsp3) is 0.625. The van der Waals surface area contributed by atoms with Gasteiger partial charge in [0.2, 0.25) is 0 Å². The molecule has 0 aliphatic rings. The van der Waals surface area contributed by atoms with E-state index < -0.39 is 0 Å². The number of unbranched alkanes of at least 4 members (excludes halogenated alkanes) is 1. The van der Waals surface area contributed by atoms with Gasteiger partial charge in [0.25, 0.3) is 0 Å². The molecule has 0 aromatic carbocycles. The summed E-state index contributed by atoms with van der Waals surface area (Å²) in [7, 11) is 0. The Labute approximate surface area is 95.6 Å². The van der Waals surface area contributed by atoms with Crippen molar-refractivity contribution < 1.29 is 4.79 Å². The van der Waals surface area contributed by atoms with E-state index in [-0.39, 0.29) is 6.03 Å². The Kier molecular flexibility index (Phi) is 8.54. The first-order valence-corrected chi connectivity index (χ1v) is 5.88. The molecule has 0 aromatic heterocycles. The van der Waals surface area contributed by atoms with Crippen LogP contribution in [0.15, 0.2) is 9.47 Å². The zero-order valence-electron chi connectivity index (χ0n) is 7.57. The van der Waals surface area contributed by atoms with Gasteiger partial charge in [-0.25, -0.2) is 4.79 Å². The summed E-state index contributed by atoms with van der Waals surface area (Å²) in [5.41, 5.74) is 0. The van der Waals surface area contributed by atoms with E-state index in [0.29, 0.717) is 6.54 Å². The average Bonchev–Trinajstić information content (AvgIpc) is 2.14. The number of hydrogen-bond donors (Lipinski definition) is 2. The van der Waals surface area contributed by atoms with Gasteiger partial charge in [-0.05, 0) is 11.4 Å². The smallest absolute Gasteiger partial charge is 0.315 e. The molecule has 0 unspecified atom stereocenters. The highest BCUT2D eigenvalue weighted by Gasteiger charge is 1.98. The van der Waals surface area contributed by atoms with E-state index in [1.807, 2.05) is 0 Å². The lowest BCUT2D eigenvalue weighted by molar-refractivity contribution is 0.241. The van der Waals surface area contributed by atoms with Gasteiger partial charge in [0.05, 0.1) is 6.54 Å². The second-order valence-electron chi connectivity index (χ2n) is 2.52. The Hall–Kier alpha value is -0.0300. The molecule has 0 aromatic rings. The molecule has 0 saturated heterocycles. The first-order chi connectivity index (χ1) is 6.20. The van der Waals surface area contributed by atoms with Gasteiger partial charge in [0.1, 0.15) is 0 Å². The predicted molar refractivity (Wildman–Crippen MR) is 62.2 cm³/mol. The van der Waals surface area contributed by atoms with Crippen LogP contribution in [0, 0.1) is 0 Å². The number of hydrogen-bond acceptors (Lipinski definition) is 1. The van der Waals surface area contributed by atoms with Crippen molar-refractivity contribution in [2.75, 3.05) is 13.1 Å². The molecule has 0 rings (SSSR count). The molecule has 0 atom stereocenters. The number of nitrogens with one attached hydrogen (secondary N) is 2. The minimum atomic E-state index is -0.125. The molecular formula is C8H14Br2N2O. The first-order valence-electron chi connectivity index (χ1n) is 4.17. The summed E-state index contributed by atoms with van der Waals surface area (Å²) in [6.45, 7) is 3.32. The zero-order chi connectivity index (χ0) is 10.1. The van der Waals surface area contributed by atoms with E-state index in [1.54, 1.807) is 4.99 Å². The number of carbonyl (C=O) groups excluding carboxylic acids is 1. The van der Waals surface area contributed by atoms with E-state index in [9.17, 15) is 4.79 Å². The van der Waals surface area contributed by atoms with Crippen LogP contribution in [0.4, 0.5) is 4.79 Å². The highest BCUT2D eigenvalue weighted by Crippen LogP contribution is 2.04. The van der Waals surface area contributed by atoms with E-state index >= 15 is 0 Å². The Morgan fingerprint density at radius 3 is 2.69 bits per heavy atom. The van der Waals surface area contributed by atoms with E-state index in [4.69, 9.17) is 0 Å². The van der Waals surface area contributed by atoms with Crippen molar-refractivity contribution in [1.82, 2.24) is 10.6 Å². The predicted octanol–water partition coefficient (Wildman–Crippen LogP) is 2.72. The monoisotopic (exact) mass is 312 g/mol. The molecule has 0 bridgehead atoms. The lowest BCUT2D eigenvalue weighted by atomic mass is 10.3. The van der Waals surface area contributed by atoms with Crippen LogP contribution in [-0.4, -0.2) is 19.1 Å². The maximum absolute atomic E-state index is 11.1. The molecule has 13 heavy (non-hydrogen) atoms. The quantitative estimate of drug-likeness (QED) is 0.753. The molecule has 3 nitrogen and oxygen atoms in total. The summed E-state index contributed by atoms with van der Waals surface area (Å²) < 4.78 is 0.901. The molecule has 0 spiro atoms. The van der Waals surface area contributed by atoms with Crippen LogP contribution in [0.2, 0.25) is 0 Å².